The number of aromatic nitrogens is 2. The van der Waals surface area contributed by atoms with Crippen LogP contribution in [0.2, 0.25) is 10.0 Å². The monoisotopic (exact) mass is 436 g/mol. The first-order chi connectivity index (χ1) is 14.6. The second-order valence-corrected chi connectivity index (χ2v) is 7.42. The van der Waals surface area contributed by atoms with Gasteiger partial charge >= 0.3 is 0 Å². The number of nitrogens with one attached hydrogen (secondary N) is 1. The van der Waals surface area contributed by atoms with E-state index in [9.17, 15) is 0 Å². The fraction of sp³-hybridized carbons (Fsp3) is 0.0435. The van der Waals surface area contributed by atoms with Crippen molar-refractivity contribution in [2.45, 2.75) is 6.61 Å². The lowest BCUT2D eigenvalue weighted by Gasteiger charge is -2.13. The molecular formula is C23H18Cl2N4O. The Labute approximate surface area is 184 Å². The molecule has 0 fully saturated rings. The van der Waals surface area contributed by atoms with Crippen LogP contribution in [0.4, 0.5) is 17.5 Å². The van der Waals surface area contributed by atoms with Gasteiger partial charge < -0.3 is 15.8 Å². The van der Waals surface area contributed by atoms with E-state index >= 15 is 0 Å². The Balaban J connectivity index is 1.64. The summed E-state index contributed by atoms with van der Waals surface area (Å²) in [6.45, 7) is 0.423. The molecule has 0 radical (unpaired) electrons. The van der Waals surface area contributed by atoms with Crippen molar-refractivity contribution in [3.05, 3.63) is 94.5 Å². The standard InChI is InChI=1S/C23H18Cl2N4O/c24-16-6-9-18(10-7-16)27-22-13-20(28-23(26)29-22)19-12-17(25)8-11-21(19)30-14-15-4-2-1-3-5-15/h1-13H,14H2,(H3,26,27,28,29). The van der Waals surface area contributed by atoms with Crippen LogP contribution >= 0.6 is 23.2 Å². The molecule has 1 aromatic heterocycles. The SMILES string of the molecule is Nc1nc(Nc2ccc(Cl)cc2)cc(-c2cc(Cl)ccc2OCc2ccccc2)n1. The van der Waals surface area contributed by atoms with Crippen molar-refractivity contribution < 1.29 is 4.74 Å². The third kappa shape index (κ3) is 5.00. The van der Waals surface area contributed by atoms with Crippen molar-refractivity contribution in [2.24, 2.45) is 0 Å². The van der Waals surface area contributed by atoms with Crippen molar-refractivity contribution in [2.75, 3.05) is 11.1 Å². The largest absolute Gasteiger partial charge is 0.488 e. The molecule has 0 saturated carbocycles. The first-order valence-corrected chi connectivity index (χ1v) is 9.96. The number of ether oxygens (including phenoxy) is 1. The summed E-state index contributed by atoms with van der Waals surface area (Å²) in [6.07, 6.45) is 0. The molecule has 4 aromatic rings. The van der Waals surface area contributed by atoms with E-state index in [1.165, 1.54) is 0 Å². The Kier molecular flexibility index (Phi) is 6.02. The number of anilines is 3. The number of hydrogen-bond acceptors (Lipinski definition) is 5. The molecule has 0 amide bonds. The smallest absolute Gasteiger partial charge is 0.222 e. The van der Waals surface area contributed by atoms with E-state index in [2.05, 4.69) is 15.3 Å². The van der Waals surface area contributed by atoms with E-state index in [0.29, 0.717) is 33.9 Å². The van der Waals surface area contributed by atoms with Crippen LogP contribution in [0.25, 0.3) is 11.3 Å². The minimum Gasteiger partial charge on any atom is -0.488 e. The van der Waals surface area contributed by atoms with Crippen LogP contribution in [0.5, 0.6) is 5.75 Å². The zero-order valence-corrected chi connectivity index (χ0v) is 17.4. The van der Waals surface area contributed by atoms with Gasteiger partial charge in [-0.2, -0.15) is 4.98 Å². The van der Waals surface area contributed by atoms with Crippen LogP contribution in [-0.2, 0) is 6.61 Å². The minimum atomic E-state index is 0.137. The summed E-state index contributed by atoms with van der Waals surface area (Å²) < 4.78 is 6.05. The average molecular weight is 437 g/mol. The summed E-state index contributed by atoms with van der Waals surface area (Å²) in [5.41, 5.74) is 9.19. The molecule has 150 valence electrons. The quantitative estimate of drug-likeness (QED) is 0.368. The predicted octanol–water partition coefficient (Wildman–Crippen LogP) is 6.36. The number of benzene rings is 3. The number of nitrogen functional groups attached to an aromatic ring is 1. The molecule has 4 rings (SSSR count). The molecule has 5 nitrogen and oxygen atoms in total. The van der Waals surface area contributed by atoms with Crippen LogP contribution in [0.3, 0.4) is 0 Å². The summed E-state index contributed by atoms with van der Waals surface area (Å²) >= 11 is 12.2. The molecular weight excluding hydrogens is 419 g/mol. The zero-order chi connectivity index (χ0) is 20.9. The van der Waals surface area contributed by atoms with Crippen molar-refractivity contribution in [3.63, 3.8) is 0 Å². The van der Waals surface area contributed by atoms with Crippen molar-refractivity contribution in [3.8, 4) is 17.0 Å². The van der Waals surface area contributed by atoms with Gasteiger partial charge in [-0.25, -0.2) is 4.98 Å². The fourth-order valence-corrected chi connectivity index (χ4v) is 3.21. The van der Waals surface area contributed by atoms with Crippen molar-refractivity contribution in [1.82, 2.24) is 9.97 Å². The molecule has 0 aliphatic carbocycles. The predicted molar refractivity (Wildman–Crippen MR) is 122 cm³/mol. The van der Waals surface area contributed by atoms with Gasteiger partial charge in [-0.05, 0) is 48.0 Å². The van der Waals surface area contributed by atoms with E-state index in [0.717, 1.165) is 16.8 Å². The molecule has 1 heterocycles. The highest BCUT2D eigenvalue weighted by Crippen LogP contribution is 2.34. The highest BCUT2D eigenvalue weighted by Gasteiger charge is 2.12. The molecule has 0 aliphatic rings. The summed E-state index contributed by atoms with van der Waals surface area (Å²) in [6, 6.07) is 24.4. The first-order valence-electron chi connectivity index (χ1n) is 9.20. The maximum Gasteiger partial charge on any atom is 0.222 e. The fourth-order valence-electron chi connectivity index (χ4n) is 2.91. The van der Waals surface area contributed by atoms with Gasteiger partial charge in [0.25, 0.3) is 0 Å². The van der Waals surface area contributed by atoms with Gasteiger partial charge in [0.2, 0.25) is 5.95 Å². The summed E-state index contributed by atoms with van der Waals surface area (Å²) in [7, 11) is 0. The summed E-state index contributed by atoms with van der Waals surface area (Å²) in [5.74, 6) is 1.34. The van der Waals surface area contributed by atoms with Crippen LogP contribution in [-0.4, -0.2) is 9.97 Å². The molecule has 0 saturated heterocycles. The van der Waals surface area contributed by atoms with Gasteiger partial charge in [0.05, 0.1) is 5.69 Å². The lowest BCUT2D eigenvalue weighted by Crippen LogP contribution is -2.03. The first kappa shape index (κ1) is 20.0. The molecule has 3 aromatic carbocycles. The number of nitrogens with two attached hydrogens (primary N) is 1. The van der Waals surface area contributed by atoms with E-state index in [1.54, 1.807) is 30.3 Å². The van der Waals surface area contributed by atoms with E-state index in [4.69, 9.17) is 33.7 Å². The van der Waals surface area contributed by atoms with Crippen LogP contribution in [0.15, 0.2) is 78.9 Å². The van der Waals surface area contributed by atoms with Crippen LogP contribution in [0, 0.1) is 0 Å². The topological polar surface area (TPSA) is 73.1 Å². The number of halogens is 2. The number of rotatable bonds is 6. The Bertz CT molecular complexity index is 1150. The second kappa shape index (κ2) is 9.03. The average Bonchev–Trinajstić information content (AvgIpc) is 2.75. The Morgan fingerprint density at radius 3 is 2.33 bits per heavy atom. The normalized spacial score (nSPS) is 10.6. The van der Waals surface area contributed by atoms with Gasteiger partial charge in [-0.1, -0.05) is 53.5 Å². The highest BCUT2D eigenvalue weighted by molar-refractivity contribution is 6.31. The van der Waals surface area contributed by atoms with Crippen LogP contribution < -0.4 is 15.8 Å². The van der Waals surface area contributed by atoms with Gasteiger partial charge in [0.15, 0.2) is 0 Å². The maximum absolute atomic E-state index is 6.25. The van der Waals surface area contributed by atoms with Crippen molar-refractivity contribution >= 4 is 40.7 Å². The molecule has 0 bridgehead atoms. The van der Waals surface area contributed by atoms with Gasteiger partial charge in [-0.15, -0.1) is 0 Å². The highest BCUT2D eigenvalue weighted by atomic mass is 35.5. The van der Waals surface area contributed by atoms with Gasteiger partial charge in [0.1, 0.15) is 18.2 Å². The molecule has 3 N–H and O–H groups in total. The molecule has 0 unspecified atom stereocenters. The lowest BCUT2D eigenvalue weighted by atomic mass is 10.1. The maximum atomic E-state index is 6.25. The molecule has 0 atom stereocenters. The number of hydrogen-bond donors (Lipinski definition) is 2. The molecule has 0 aliphatic heterocycles. The van der Waals surface area contributed by atoms with E-state index in [1.807, 2.05) is 48.5 Å². The molecule has 0 spiro atoms. The Morgan fingerprint density at radius 1 is 0.833 bits per heavy atom. The van der Waals surface area contributed by atoms with Crippen molar-refractivity contribution in [1.29, 1.82) is 0 Å². The Morgan fingerprint density at radius 2 is 1.57 bits per heavy atom. The van der Waals surface area contributed by atoms with Crippen LogP contribution in [0.1, 0.15) is 5.56 Å². The Hall–Kier alpha value is -3.28. The van der Waals surface area contributed by atoms with Gasteiger partial charge in [-0.3, -0.25) is 0 Å². The zero-order valence-electron chi connectivity index (χ0n) is 15.8. The van der Waals surface area contributed by atoms with Gasteiger partial charge in [0, 0.05) is 27.4 Å². The summed E-state index contributed by atoms with van der Waals surface area (Å²) in [4.78, 5) is 8.65. The lowest BCUT2D eigenvalue weighted by molar-refractivity contribution is 0.307. The second-order valence-electron chi connectivity index (χ2n) is 6.54. The molecule has 30 heavy (non-hydrogen) atoms. The third-order valence-corrected chi connectivity index (χ3v) is 4.80. The third-order valence-electron chi connectivity index (χ3n) is 4.31. The minimum absolute atomic E-state index is 0.137. The molecule has 7 heteroatoms. The van der Waals surface area contributed by atoms with E-state index in [-0.39, 0.29) is 5.95 Å². The summed E-state index contributed by atoms with van der Waals surface area (Å²) in [5, 5.41) is 4.44. The van der Waals surface area contributed by atoms with E-state index < -0.39 is 0 Å². The number of nitrogens with zero attached hydrogens (tertiary/aromatic N) is 2.